The van der Waals surface area contributed by atoms with E-state index >= 15 is 0 Å². The molecule has 3 N–H and O–H groups in total. The topological polar surface area (TPSA) is 64.3 Å². The molecule has 4 nitrogen and oxygen atoms in total. The molecule has 2 rings (SSSR count). The maximum absolute atomic E-state index is 12.2. The van der Waals surface area contributed by atoms with E-state index in [9.17, 15) is 4.79 Å². The molecule has 110 valence electrons. The molecule has 0 aromatic carbocycles. The highest BCUT2D eigenvalue weighted by Crippen LogP contribution is 2.27. The lowest BCUT2D eigenvalue weighted by molar-refractivity contribution is -0.126. The van der Waals surface area contributed by atoms with E-state index in [-0.39, 0.29) is 17.9 Å². The zero-order valence-electron chi connectivity index (χ0n) is 12.2. The second-order valence-corrected chi connectivity index (χ2v) is 6.50. The summed E-state index contributed by atoms with van der Waals surface area (Å²) in [7, 11) is 0. The van der Waals surface area contributed by atoms with Gasteiger partial charge in [0, 0.05) is 31.0 Å². The first kappa shape index (κ1) is 14.8. The van der Waals surface area contributed by atoms with Crippen LogP contribution in [0.3, 0.4) is 0 Å². The van der Waals surface area contributed by atoms with Gasteiger partial charge in [-0.3, -0.25) is 4.79 Å². The van der Waals surface area contributed by atoms with Gasteiger partial charge in [0.1, 0.15) is 0 Å². The van der Waals surface area contributed by atoms with E-state index in [1.807, 2.05) is 0 Å². The molecule has 1 amide bonds. The molecule has 1 aliphatic heterocycles. The van der Waals surface area contributed by atoms with Crippen molar-refractivity contribution in [2.75, 3.05) is 13.2 Å². The van der Waals surface area contributed by atoms with Crippen LogP contribution in [-0.4, -0.2) is 31.2 Å². The van der Waals surface area contributed by atoms with Crippen LogP contribution in [0.5, 0.6) is 0 Å². The Balaban J connectivity index is 1.76. The molecule has 0 aromatic rings. The molecule has 1 saturated carbocycles. The number of nitrogens with one attached hydrogen (secondary N) is 1. The minimum atomic E-state index is 0.128. The van der Waals surface area contributed by atoms with Gasteiger partial charge in [-0.15, -0.1) is 0 Å². The molecule has 1 saturated heterocycles. The van der Waals surface area contributed by atoms with Gasteiger partial charge in [0.25, 0.3) is 0 Å². The molecule has 0 radical (unpaired) electrons. The zero-order valence-corrected chi connectivity index (χ0v) is 12.2. The van der Waals surface area contributed by atoms with Gasteiger partial charge in [-0.25, -0.2) is 0 Å². The Morgan fingerprint density at radius 2 is 2.16 bits per heavy atom. The van der Waals surface area contributed by atoms with Gasteiger partial charge in [-0.05, 0) is 31.6 Å². The number of hydrogen-bond acceptors (Lipinski definition) is 3. The summed E-state index contributed by atoms with van der Waals surface area (Å²) in [4.78, 5) is 12.2. The minimum Gasteiger partial charge on any atom is -0.378 e. The average Bonchev–Trinajstić information content (AvgIpc) is 2.84. The lowest BCUT2D eigenvalue weighted by atomic mass is 9.85. The highest BCUT2D eigenvalue weighted by atomic mass is 16.5. The van der Waals surface area contributed by atoms with Gasteiger partial charge in [0.05, 0.1) is 6.10 Å². The Bertz CT molecular complexity index is 307. The summed E-state index contributed by atoms with van der Waals surface area (Å²) in [5.74, 6) is 1.32. The van der Waals surface area contributed by atoms with Crippen LogP contribution >= 0.6 is 0 Å². The third-order valence-corrected chi connectivity index (χ3v) is 4.54. The Morgan fingerprint density at radius 3 is 2.84 bits per heavy atom. The molecule has 2 fully saturated rings. The summed E-state index contributed by atoms with van der Waals surface area (Å²) < 4.78 is 5.75. The number of hydrogen-bond donors (Lipinski definition) is 2. The van der Waals surface area contributed by atoms with Crippen molar-refractivity contribution in [1.29, 1.82) is 0 Å². The Kier molecular flexibility index (Phi) is 5.22. The Morgan fingerprint density at radius 1 is 1.37 bits per heavy atom. The predicted octanol–water partition coefficient (Wildman–Crippen LogP) is 1.68. The molecule has 0 spiro atoms. The van der Waals surface area contributed by atoms with Crippen molar-refractivity contribution in [3.05, 3.63) is 0 Å². The van der Waals surface area contributed by atoms with Crippen LogP contribution in [-0.2, 0) is 9.53 Å². The number of carbonyl (C=O) groups excluding carboxylic acids is 1. The second kappa shape index (κ2) is 6.71. The molecular formula is C15H28N2O2. The minimum absolute atomic E-state index is 0.128. The fraction of sp³-hybridized carbons (Fsp3) is 0.933. The van der Waals surface area contributed by atoms with E-state index in [0.717, 1.165) is 45.3 Å². The van der Waals surface area contributed by atoms with E-state index in [0.29, 0.717) is 17.9 Å². The molecule has 0 bridgehead atoms. The van der Waals surface area contributed by atoms with Crippen LogP contribution in [0.15, 0.2) is 0 Å². The second-order valence-electron chi connectivity index (χ2n) is 6.50. The first-order valence-electron chi connectivity index (χ1n) is 7.72. The van der Waals surface area contributed by atoms with Gasteiger partial charge >= 0.3 is 0 Å². The van der Waals surface area contributed by atoms with E-state index in [2.05, 4.69) is 19.2 Å². The van der Waals surface area contributed by atoms with Gasteiger partial charge in [-0.2, -0.15) is 0 Å². The first-order chi connectivity index (χ1) is 9.08. The van der Waals surface area contributed by atoms with Crippen molar-refractivity contribution >= 4 is 5.91 Å². The van der Waals surface area contributed by atoms with E-state index in [1.54, 1.807) is 0 Å². The monoisotopic (exact) mass is 268 g/mol. The van der Waals surface area contributed by atoms with Gasteiger partial charge < -0.3 is 15.8 Å². The highest BCUT2D eigenvalue weighted by molar-refractivity contribution is 5.78. The third kappa shape index (κ3) is 3.93. The van der Waals surface area contributed by atoms with Crippen LogP contribution in [0, 0.1) is 17.8 Å². The van der Waals surface area contributed by atoms with Crippen molar-refractivity contribution < 1.29 is 9.53 Å². The van der Waals surface area contributed by atoms with Gasteiger partial charge in [-0.1, -0.05) is 20.3 Å². The molecular weight excluding hydrogens is 240 g/mol. The van der Waals surface area contributed by atoms with Crippen molar-refractivity contribution in [1.82, 2.24) is 5.32 Å². The smallest absolute Gasteiger partial charge is 0.223 e. The van der Waals surface area contributed by atoms with Gasteiger partial charge in [0.2, 0.25) is 5.91 Å². The summed E-state index contributed by atoms with van der Waals surface area (Å²) >= 11 is 0. The number of rotatable bonds is 4. The van der Waals surface area contributed by atoms with Crippen LogP contribution in [0.4, 0.5) is 0 Å². The normalized spacial score (nSPS) is 35.6. The standard InChI is InChI=1S/C15H28N2O2/c1-10(2)14-12(6-7-19-14)9-17-15(18)11-4-3-5-13(16)8-11/h10-14H,3-9,16H2,1-2H3,(H,17,18). The van der Waals surface area contributed by atoms with Crippen molar-refractivity contribution in [3.8, 4) is 0 Å². The fourth-order valence-corrected chi connectivity index (χ4v) is 3.45. The van der Waals surface area contributed by atoms with Crippen LogP contribution in [0.1, 0.15) is 46.0 Å². The van der Waals surface area contributed by atoms with Crippen LogP contribution < -0.4 is 11.1 Å². The Hall–Kier alpha value is -0.610. The third-order valence-electron chi connectivity index (χ3n) is 4.54. The van der Waals surface area contributed by atoms with Crippen molar-refractivity contribution in [2.24, 2.45) is 23.5 Å². The maximum Gasteiger partial charge on any atom is 0.223 e. The summed E-state index contributed by atoms with van der Waals surface area (Å²) in [6.45, 7) is 5.96. The maximum atomic E-state index is 12.2. The van der Waals surface area contributed by atoms with E-state index < -0.39 is 0 Å². The summed E-state index contributed by atoms with van der Waals surface area (Å²) in [5.41, 5.74) is 5.94. The number of amides is 1. The molecule has 4 heteroatoms. The highest BCUT2D eigenvalue weighted by Gasteiger charge is 2.32. The largest absolute Gasteiger partial charge is 0.378 e. The molecule has 4 unspecified atom stereocenters. The number of nitrogens with two attached hydrogens (primary N) is 1. The first-order valence-corrected chi connectivity index (χ1v) is 7.72. The lowest BCUT2D eigenvalue weighted by Crippen LogP contribution is -2.41. The number of carbonyl (C=O) groups is 1. The molecule has 0 aromatic heterocycles. The summed E-state index contributed by atoms with van der Waals surface area (Å²) in [6.07, 6.45) is 5.35. The SMILES string of the molecule is CC(C)C1OCCC1CNC(=O)C1CCCC(N)C1. The predicted molar refractivity (Wildman–Crippen MR) is 75.6 cm³/mol. The summed E-state index contributed by atoms with van der Waals surface area (Å²) in [5, 5.41) is 3.13. The lowest BCUT2D eigenvalue weighted by Gasteiger charge is -2.27. The fourth-order valence-electron chi connectivity index (χ4n) is 3.45. The number of ether oxygens (including phenoxy) is 1. The summed E-state index contributed by atoms with van der Waals surface area (Å²) in [6, 6.07) is 0.211. The zero-order chi connectivity index (χ0) is 13.8. The van der Waals surface area contributed by atoms with Crippen molar-refractivity contribution in [3.63, 3.8) is 0 Å². The Labute approximate surface area is 116 Å². The average molecular weight is 268 g/mol. The van der Waals surface area contributed by atoms with Crippen molar-refractivity contribution in [2.45, 2.75) is 58.1 Å². The van der Waals surface area contributed by atoms with Crippen LogP contribution in [0.2, 0.25) is 0 Å². The van der Waals surface area contributed by atoms with E-state index in [4.69, 9.17) is 10.5 Å². The van der Waals surface area contributed by atoms with E-state index in [1.165, 1.54) is 0 Å². The molecule has 2 aliphatic rings. The molecule has 4 atom stereocenters. The quantitative estimate of drug-likeness (QED) is 0.815. The van der Waals surface area contributed by atoms with Crippen LogP contribution in [0.25, 0.3) is 0 Å². The molecule has 1 aliphatic carbocycles. The molecule has 19 heavy (non-hydrogen) atoms. The molecule has 1 heterocycles. The van der Waals surface area contributed by atoms with Gasteiger partial charge in [0.15, 0.2) is 0 Å².